The first-order valence-electron chi connectivity index (χ1n) is 6.90. The predicted molar refractivity (Wildman–Crippen MR) is 93.0 cm³/mol. The van der Waals surface area contributed by atoms with Crippen LogP contribution in [-0.4, -0.2) is 49.0 Å². The van der Waals surface area contributed by atoms with Crippen molar-refractivity contribution in [1.29, 1.82) is 0 Å². The highest BCUT2D eigenvalue weighted by molar-refractivity contribution is 7.98. The second kappa shape index (κ2) is 8.85. The van der Waals surface area contributed by atoms with Crippen molar-refractivity contribution in [2.75, 3.05) is 26.2 Å². The number of sulfone groups is 2. The van der Waals surface area contributed by atoms with Gasteiger partial charge >= 0.3 is 5.97 Å². The smallest absolute Gasteiger partial charge is 0.350 e. The first-order valence-corrected chi connectivity index (χ1v) is 11.4. The molecule has 0 fully saturated rings. The van der Waals surface area contributed by atoms with Gasteiger partial charge in [-0.05, 0) is 18.6 Å². The molecule has 0 atom stereocenters. The molecule has 1 N–H and O–H groups in total. The van der Waals surface area contributed by atoms with Crippen molar-refractivity contribution in [3.8, 4) is 0 Å². The van der Waals surface area contributed by atoms with Crippen molar-refractivity contribution in [3.63, 3.8) is 0 Å². The summed E-state index contributed by atoms with van der Waals surface area (Å²) in [4.78, 5) is 16.0. The molecule has 0 aromatic rings. The molecule has 1 aliphatic heterocycles. The van der Waals surface area contributed by atoms with Gasteiger partial charge in [0.15, 0.2) is 24.6 Å². The van der Waals surface area contributed by atoms with Gasteiger partial charge in [-0.15, -0.1) is 0 Å². The lowest BCUT2D eigenvalue weighted by Gasteiger charge is -2.18. The van der Waals surface area contributed by atoms with Crippen LogP contribution in [0.5, 0.6) is 0 Å². The Labute approximate surface area is 151 Å². The van der Waals surface area contributed by atoms with Crippen molar-refractivity contribution in [3.05, 3.63) is 32.7 Å². The van der Waals surface area contributed by atoms with Gasteiger partial charge in [-0.3, -0.25) is 0 Å². The number of esters is 1. The average molecular weight is 413 g/mol. The Bertz CT molecular complexity index is 821. The van der Waals surface area contributed by atoms with Gasteiger partial charge < -0.3 is 10.1 Å². The summed E-state index contributed by atoms with van der Waals surface area (Å²) >= 11 is 0.620. The lowest BCUT2D eigenvalue weighted by Crippen LogP contribution is -2.24. The highest BCUT2D eigenvalue weighted by Crippen LogP contribution is 2.28. The first-order chi connectivity index (χ1) is 11.5. The predicted octanol–water partition coefficient (Wildman–Crippen LogP) is 0.795. The number of carbonyl (C=O) groups excluding carboxylic acids is 1. The standard InChI is InChI=1S/C13H19NO8S3/c1-5-6-21-13(15)12(25(4,18)19)9-7-10(23-22-20-2)14-11(8-9)24(3,16)17/h7-8,14H,5-6H2,1-4H3/b12-9+. The number of dihydropyridines is 1. The Kier molecular flexibility index (Phi) is 7.68. The molecule has 0 aliphatic carbocycles. The van der Waals surface area contributed by atoms with Crippen molar-refractivity contribution in [2.24, 2.45) is 0 Å². The van der Waals surface area contributed by atoms with E-state index in [2.05, 4.69) is 14.5 Å². The molecule has 0 saturated heterocycles. The Morgan fingerprint density at radius 2 is 1.84 bits per heavy atom. The van der Waals surface area contributed by atoms with Gasteiger partial charge in [0.1, 0.15) is 10.1 Å². The van der Waals surface area contributed by atoms with E-state index in [9.17, 15) is 21.6 Å². The van der Waals surface area contributed by atoms with E-state index >= 15 is 0 Å². The quantitative estimate of drug-likeness (QED) is 0.201. The third kappa shape index (κ3) is 6.47. The summed E-state index contributed by atoms with van der Waals surface area (Å²) in [6.07, 6.45) is 4.58. The summed E-state index contributed by atoms with van der Waals surface area (Å²) in [5.41, 5.74) is -0.134. The third-order valence-corrected chi connectivity index (χ3v) is 5.43. The van der Waals surface area contributed by atoms with Crippen LogP contribution in [0.25, 0.3) is 0 Å². The van der Waals surface area contributed by atoms with Crippen molar-refractivity contribution in [1.82, 2.24) is 5.32 Å². The summed E-state index contributed by atoms with van der Waals surface area (Å²) in [5.74, 6) is -1.06. The number of carbonyl (C=O) groups is 1. The van der Waals surface area contributed by atoms with Crippen LogP contribution >= 0.6 is 12.0 Å². The van der Waals surface area contributed by atoms with Crippen molar-refractivity contribution < 1.29 is 35.6 Å². The van der Waals surface area contributed by atoms with E-state index < -0.39 is 30.5 Å². The fourth-order valence-corrected chi connectivity index (χ4v) is 3.78. The number of rotatable bonds is 8. The minimum atomic E-state index is -4.00. The summed E-state index contributed by atoms with van der Waals surface area (Å²) in [6.45, 7) is 1.79. The molecule has 0 unspecified atom stereocenters. The zero-order chi connectivity index (χ0) is 19.3. The van der Waals surface area contributed by atoms with Crippen molar-refractivity contribution in [2.45, 2.75) is 13.3 Å². The van der Waals surface area contributed by atoms with Gasteiger partial charge in [-0.2, -0.15) is 4.33 Å². The highest BCUT2D eigenvalue weighted by Gasteiger charge is 2.29. The molecule has 0 spiro atoms. The number of hydrogen-bond acceptors (Lipinski definition) is 10. The molecule has 142 valence electrons. The van der Waals surface area contributed by atoms with Crippen LogP contribution < -0.4 is 5.32 Å². The number of ether oxygens (including phenoxy) is 1. The molecule has 0 aromatic carbocycles. The van der Waals surface area contributed by atoms with E-state index in [1.807, 2.05) is 0 Å². The molecule has 0 amide bonds. The molecule has 1 rings (SSSR count). The lowest BCUT2D eigenvalue weighted by molar-refractivity contribution is -0.159. The summed E-state index contributed by atoms with van der Waals surface area (Å²) in [6, 6.07) is 0. The SMILES string of the molecule is CCCOC(=O)/C(=C1/C=C(SOOC)NC(S(C)(=O)=O)=C1)S(C)(=O)=O. The Balaban J connectivity index is 3.55. The van der Waals surface area contributed by atoms with E-state index in [1.165, 1.54) is 13.2 Å². The fraction of sp³-hybridized carbons (Fsp3) is 0.462. The minimum Gasteiger partial charge on any atom is -0.462 e. The normalized spacial score (nSPS) is 17.3. The topological polar surface area (TPSA) is 125 Å². The molecule has 1 heterocycles. The van der Waals surface area contributed by atoms with Gasteiger partial charge in [0.2, 0.25) is 0 Å². The number of nitrogens with one attached hydrogen (secondary N) is 1. The van der Waals surface area contributed by atoms with Gasteiger partial charge in [0.25, 0.3) is 0 Å². The summed E-state index contributed by atoms with van der Waals surface area (Å²) < 4.78 is 57.4. The Morgan fingerprint density at radius 3 is 2.32 bits per heavy atom. The lowest BCUT2D eigenvalue weighted by atomic mass is 10.2. The van der Waals surface area contributed by atoms with Crippen LogP contribution in [0.1, 0.15) is 13.3 Å². The van der Waals surface area contributed by atoms with Gasteiger partial charge in [0, 0.05) is 18.1 Å². The average Bonchev–Trinajstić information content (AvgIpc) is 2.48. The van der Waals surface area contributed by atoms with E-state index in [1.54, 1.807) is 6.92 Å². The highest BCUT2D eigenvalue weighted by atomic mass is 32.2. The van der Waals surface area contributed by atoms with Crippen LogP contribution in [0.3, 0.4) is 0 Å². The van der Waals surface area contributed by atoms with Crippen LogP contribution in [0, 0.1) is 0 Å². The molecule has 25 heavy (non-hydrogen) atoms. The number of hydrogen-bond donors (Lipinski definition) is 1. The minimum absolute atomic E-state index is 0.0319. The molecule has 9 nitrogen and oxygen atoms in total. The van der Waals surface area contributed by atoms with Gasteiger partial charge in [0.05, 0.1) is 25.8 Å². The third-order valence-electron chi connectivity index (χ3n) is 2.67. The largest absolute Gasteiger partial charge is 0.462 e. The number of allylic oxidation sites excluding steroid dienone is 3. The van der Waals surface area contributed by atoms with E-state index in [4.69, 9.17) is 4.74 Å². The Hall–Kier alpha value is -1.34. The molecular weight excluding hydrogens is 394 g/mol. The second-order valence-corrected chi connectivity index (χ2v) is 9.60. The van der Waals surface area contributed by atoms with Crippen LogP contribution in [0.15, 0.2) is 32.7 Å². The fourth-order valence-electron chi connectivity index (χ4n) is 1.71. The second-order valence-electron chi connectivity index (χ2n) is 4.92. The summed E-state index contributed by atoms with van der Waals surface area (Å²) in [7, 11) is -6.47. The Morgan fingerprint density at radius 1 is 1.20 bits per heavy atom. The zero-order valence-corrected chi connectivity index (χ0v) is 16.5. The molecular formula is C13H19NO8S3. The maximum Gasteiger partial charge on any atom is 0.350 e. The molecule has 0 radical (unpaired) electrons. The maximum atomic E-state index is 12.2. The first kappa shape index (κ1) is 21.7. The molecule has 0 bridgehead atoms. The van der Waals surface area contributed by atoms with Crippen LogP contribution in [0.2, 0.25) is 0 Å². The van der Waals surface area contributed by atoms with Crippen LogP contribution in [-0.2, 0) is 38.4 Å². The van der Waals surface area contributed by atoms with Crippen LogP contribution in [0.4, 0.5) is 0 Å². The molecule has 12 heteroatoms. The summed E-state index contributed by atoms with van der Waals surface area (Å²) in [5, 5.41) is 2.38. The van der Waals surface area contributed by atoms with E-state index in [0.29, 0.717) is 18.5 Å². The van der Waals surface area contributed by atoms with E-state index in [-0.39, 0.29) is 22.2 Å². The maximum absolute atomic E-state index is 12.2. The van der Waals surface area contributed by atoms with Gasteiger partial charge in [-0.25, -0.2) is 26.5 Å². The molecule has 0 saturated carbocycles. The monoisotopic (exact) mass is 413 g/mol. The molecule has 0 aromatic heterocycles. The molecule has 1 aliphatic rings. The van der Waals surface area contributed by atoms with Crippen molar-refractivity contribution >= 4 is 37.7 Å². The van der Waals surface area contributed by atoms with E-state index in [0.717, 1.165) is 18.6 Å². The van der Waals surface area contributed by atoms with Gasteiger partial charge in [-0.1, -0.05) is 6.92 Å². The zero-order valence-electron chi connectivity index (χ0n) is 14.1.